The molecule has 0 saturated carbocycles. The number of carbonyl (C=O) groups excluding carboxylic acids is 2. The molecule has 1 aromatic carbocycles. The Morgan fingerprint density at radius 1 is 1.35 bits per heavy atom. The monoisotopic (exact) mass is 276 g/mol. The molecule has 0 aliphatic carbocycles. The molecule has 0 saturated heterocycles. The van der Waals surface area contributed by atoms with Gasteiger partial charge in [-0.05, 0) is 25.1 Å². The average molecular weight is 276 g/mol. The van der Waals surface area contributed by atoms with Gasteiger partial charge in [0.15, 0.2) is 0 Å². The number of aromatic nitrogens is 2. The van der Waals surface area contributed by atoms with Gasteiger partial charge in [-0.2, -0.15) is 5.10 Å². The number of benzene rings is 1. The molecular formula is C14H16N2O4. The van der Waals surface area contributed by atoms with Crippen LogP contribution in [-0.2, 0) is 20.8 Å². The van der Waals surface area contributed by atoms with Gasteiger partial charge in [-0.3, -0.25) is 9.48 Å². The van der Waals surface area contributed by atoms with Crippen LogP contribution in [0.3, 0.4) is 0 Å². The van der Waals surface area contributed by atoms with E-state index in [1.165, 1.54) is 7.11 Å². The average Bonchev–Trinajstić information content (AvgIpc) is 2.87. The molecule has 0 unspecified atom stereocenters. The molecule has 0 aliphatic heterocycles. The summed E-state index contributed by atoms with van der Waals surface area (Å²) in [7, 11) is 1.36. The predicted octanol–water partition coefficient (Wildman–Crippen LogP) is 1.78. The summed E-state index contributed by atoms with van der Waals surface area (Å²) in [5.74, 6) is -0.631. The molecule has 0 bridgehead atoms. The van der Waals surface area contributed by atoms with Gasteiger partial charge < -0.3 is 9.47 Å². The van der Waals surface area contributed by atoms with E-state index in [4.69, 9.17) is 4.74 Å². The second kappa shape index (κ2) is 6.18. The normalized spacial score (nSPS) is 10.5. The van der Waals surface area contributed by atoms with Crippen molar-refractivity contribution in [3.63, 3.8) is 0 Å². The van der Waals surface area contributed by atoms with Crippen molar-refractivity contribution in [3.05, 3.63) is 30.0 Å². The summed E-state index contributed by atoms with van der Waals surface area (Å²) in [5.41, 5.74) is 1.36. The Hall–Kier alpha value is -2.37. The number of rotatable bonds is 5. The van der Waals surface area contributed by atoms with Crippen molar-refractivity contribution in [2.24, 2.45) is 0 Å². The van der Waals surface area contributed by atoms with Gasteiger partial charge in [0.1, 0.15) is 0 Å². The third-order valence-electron chi connectivity index (χ3n) is 2.91. The van der Waals surface area contributed by atoms with E-state index in [0.29, 0.717) is 18.7 Å². The number of carbonyl (C=O) groups is 2. The number of fused-ring (bicyclic) bond motifs is 1. The number of nitrogens with zero attached hydrogens (tertiary/aromatic N) is 2. The SMILES string of the molecule is CCOC(=O)c1ccc2c(cnn2CCC(=O)OC)c1. The molecule has 106 valence electrons. The highest BCUT2D eigenvalue weighted by atomic mass is 16.5. The first-order valence-corrected chi connectivity index (χ1v) is 6.35. The molecule has 0 spiro atoms. The van der Waals surface area contributed by atoms with Crippen LogP contribution in [0.15, 0.2) is 24.4 Å². The number of methoxy groups -OCH3 is 1. The highest BCUT2D eigenvalue weighted by Gasteiger charge is 2.10. The maximum absolute atomic E-state index is 11.6. The first-order valence-electron chi connectivity index (χ1n) is 6.35. The van der Waals surface area contributed by atoms with Crippen LogP contribution in [-0.4, -0.2) is 35.4 Å². The van der Waals surface area contributed by atoms with E-state index < -0.39 is 0 Å². The molecule has 1 aromatic heterocycles. The fourth-order valence-electron chi connectivity index (χ4n) is 1.91. The van der Waals surface area contributed by atoms with E-state index in [9.17, 15) is 9.59 Å². The molecule has 1 heterocycles. The molecule has 2 rings (SSSR count). The third-order valence-corrected chi connectivity index (χ3v) is 2.91. The Labute approximate surface area is 116 Å². The first-order chi connectivity index (χ1) is 9.65. The zero-order chi connectivity index (χ0) is 14.5. The third kappa shape index (κ3) is 2.96. The van der Waals surface area contributed by atoms with Gasteiger partial charge >= 0.3 is 11.9 Å². The zero-order valence-corrected chi connectivity index (χ0v) is 11.5. The van der Waals surface area contributed by atoms with E-state index in [2.05, 4.69) is 9.84 Å². The standard InChI is InChI=1S/C14H16N2O4/c1-3-20-14(18)10-4-5-12-11(8-10)9-15-16(12)7-6-13(17)19-2/h4-5,8-9H,3,6-7H2,1-2H3. The van der Waals surface area contributed by atoms with Crippen molar-refractivity contribution in [2.75, 3.05) is 13.7 Å². The topological polar surface area (TPSA) is 70.4 Å². The second-order valence-electron chi connectivity index (χ2n) is 4.19. The maximum Gasteiger partial charge on any atom is 0.338 e. The maximum atomic E-state index is 11.6. The van der Waals surface area contributed by atoms with Crippen LogP contribution in [0.5, 0.6) is 0 Å². The van der Waals surface area contributed by atoms with E-state index >= 15 is 0 Å². The van der Waals surface area contributed by atoms with Gasteiger partial charge in [-0.15, -0.1) is 0 Å². The van der Waals surface area contributed by atoms with Gasteiger partial charge in [0.2, 0.25) is 0 Å². The van der Waals surface area contributed by atoms with Crippen LogP contribution in [0, 0.1) is 0 Å². The molecule has 0 aliphatic rings. The molecular weight excluding hydrogens is 260 g/mol. The first kappa shape index (κ1) is 14.0. The molecule has 2 aromatic rings. The van der Waals surface area contributed by atoms with Crippen molar-refractivity contribution in [3.8, 4) is 0 Å². The molecule has 6 heteroatoms. The van der Waals surface area contributed by atoms with Gasteiger partial charge in [0, 0.05) is 5.39 Å². The second-order valence-corrected chi connectivity index (χ2v) is 4.19. The van der Waals surface area contributed by atoms with Crippen LogP contribution in [0.1, 0.15) is 23.7 Å². The summed E-state index contributed by atoms with van der Waals surface area (Å²) < 4.78 is 11.3. The lowest BCUT2D eigenvalue weighted by Gasteiger charge is -2.04. The Bertz CT molecular complexity index is 633. The number of aryl methyl sites for hydroxylation is 1. The number of hydrogen-bond acceptors (Lipinski definition) is 5. The fourth-order valence-corrected chi connectivity index (χ4v) is 1.91. The van der Waals surface area contributed by atoms with Crippen molar-refractivity contribution in [2.45, 2.75) is 19.9 Å². The Kier molecular flexibility index (Phi) is 4.34. The minimum Gasteiger partial charge on any atom is -0.469 e. The van der Waals surface area contributed by atoms with E-state index in [1.54, 1.807) is 36.0 Å². The van der Waals surface area contributed by atoms with Crippen LogP contribution >= 0.6 is 0 Å². The van der Waals surface area contributed by atoms with E-state index in [-0.39, 0.29) is 18.4 Å². The predicted molar refractivity (Wildman–Crippen MR) is 72.3 cm³/mol. The van der Waals surface area contributed by atoms with Crippen molar-refractivity contribution in [1.82, 2.24) is 9.78 Å². The lowest BCUT2D eigenvalue weighted by Crippen LogP contribution is -2.08. The van der Waals surface area contributed by atoms with Gasteiger partial charge in [-0.1, -0.05) is 0 Å². The summed E-state index contributed by atoms with van der Waals surface area (Å²) >= 11 is 0. The number of ether oxygens (including phenoxy) is 2. The smallest absolute Gasteiger partial charge is 0.338 e. The van der Waals surface area contributed by atoms with Crippen LogP contribution in [0.25, 0.3) is 10.9 Å². The Morgan fingerprint density at radius 3 is 2.85 bits per heavy atom. The summed E-state index contributed by atoms with van der Waals surface area (Å²) in [6.07, 6.45) is 1.92. The fraction of sp³-hybridized carbons (Fsp3) is 0.357. The van der Waals surface area contributed by atoms with Gasteiger partial charge in [0.25, 0.3) is 0 Å². The summed E-state index contributed by atoms with van der Waals surface area (Å²) in [4.78, 5) is 22.8. The Balaban J connectivity index is 2.20. The largest absolute Gasteiger partial charge is 0.469 e. The van der Waals surface area contributed by atoms with Crippen LogP contribution in [0.2, 0.25) is 0 Å². The molecule has 0 fully saturated rings. The van der Waals surface area contributed by atoms with Gasteiger partial charge in [0.05, 0.1) is 44.0 Å². The van der Waals surface area contributed by atoms with E-state index in [0.717, 1.165) is 10.9 Å². The van der Waals surface area contributed by atoms with Gasteiger partial charge in [-0.25, -0.2) is 4.79 Å². The molecule has 0 radical (unpaired) electrons. The highest BCUT2D eigenvalue weighted by molar-refractivity contribution is 5.94. The minimum absolute atomic E-state index is 0.257. The molecule has 0 N–H and O–H groups in total. The zero-order valence-electron chi connectivity index (χ0n) is 11.5. The highest BCUT2D eigenvalue weighted by Crippen LogP contribution is 2.17. The van der Waals surface area contributed by atoms with E-state index in [1.807, 2.05) is 0 Å². The summed E-state index contributed by atoms with van der Waals surface area (Å²) in [6, 6.07) is 5.22. The quantitative estimate of drug-likeness (QED) is 0.778. The van der Waals surface area contributed by atoms with Crippen molar-refractivity contribution >= 4 is 22.8 Å². The Morgan fingerprint density at radius 2 is 2.15 bits per heavy atom. The number of hydrogen-bond donors (Lipinski definition) is 0. The molecule has 0 amide bonds. The molecule has 20 heavy (non-hydrogen) atoms. The molecule has 6 nitrogen and oxygen atoms in total. The van der Waals surface area contributed by atoms with Crippen LogP contribution in [0.4, 0.5) is 0 Å². The van der Waals surface area contributed by atoms with Crippen LogP contribution < -0.4 is 0 Å². The molecule has 0 atom stereocenters. The van der Waals surface area contributed by atoms with Crippen molar-refractivity contribution in [1.29, 1.82) is 0 Å². The summed E-state index contributed by atoms with van der Waals surface area (Å²) in [5, 5.41) is 5.04. The lowest BCUT2D eigenvalue weighted by atomic mass is 10.1. The minimum atomic E-state index is -0.350. The summed E-state index contributed by atoms with van der Waals surface area (Å²) in [6.45, 7) is 2.55. The lowest BCUT2D eigenvalue weighted by molar-refractivity contribution is -0.140. The number of esters is 2. The van der Waals surface area contributed by atoms with Crippen molar-refractivity contribution < 1.29 is 19.1 Å².